The number of benzene rings is 2. The van der Waals surface area contributed by atoms with Gasteiger partial charge in [0.2, 0.25) is 0 Å². The van der Waals surface area contributed by atoms with Gasteiger partial charge in [-0.25, -0.2) is 0 Å². The Labute approximate surface area is 140 Å². The van der Waals surface area contributed by atoms with Gasteiger partial charge < -0.3 is 14.8 Å². The van der Waals surface area contributed by atoms with Crippen LogP contribution in [0.1, 0.15) is 25.0 Å². The summed E-state index contributed by atoms with van der Waals surface area (Å²) in [7, 11) is 0. The van der Waals surface area contributed by atoms with Crippen molar-refractivity contribution in [3.63, 3.8) is 0 Å². The molecule has 0 spiro atoms. The Bertz CT molecular complexity index is 628. The van der Waals surface area contributed by atoms with Gasteiger partial charge >= 0.3 is 0 Å². The van der Waals surface area contributed by atoms with Crippen LogP contribution in [0.15, 0.2) is 40.9 Å². The van der Waals surface area contributed by atoms with Crippen LogP contribution in [0.5, 0.6) is 11.5 Å². The maximum atomic E-state index is 5.70. The molecule has 0 saturated carbocycles. The summed E-state index contributed by atoms with van der Waals surface area (Å²) in [5, 5.41) is 3.43. The molecular weight excluding hydrogens is 342 g/mol. The van der Waals surface area contributed by atoms with Crippen molar-refractivity contribution in [1.82, 2.24) is 0 Å². The van der Waals surface area contributed by atoms with Crippen molar-refractivity contribution in [3.8, 4) is 11.5 Å². The predicted octanol–water partition coefficient (Wildman–Crippen LogP) is 5.17. The van der Waals surface area contributed by atoms with E-state index in [1.165, 1.54) is 5.56 Å². The molecule has 2 rings (SSSR count). The van der Waals surface area contributed by atoms with E-state index in [4.69, 9.17) is 9.47 Å². The van der Waals surface area contributed by atoms with E-state index in [0.717, 1.165) is 33.8 Å². The molecule has 4 heteroatoms. The third-order valence-electron chi connectivity index (χ3n) is 3.17. The number of nitrogens with one attached hydrogen (secondary N) is 1. The number of ether oxygens (including phenoxy) is 2. The Morgan fingerprint density at radius 2 is 1.82 bits per heavy atom. The average molecular weight is 364 g/mol. The van der Waals surface area contributed by atoms with Gasteiger partial charge in [-0.3, -0.25) is 0 Å². The van der Waals surface area contributed by atoms with Crippen molar-refractivity contribution >= 4 is 21.6 Å². The molecule has 2 aromatic carbocycles. The monoisotopic (exact) mass is 363 g/mol. The average Bonchev–Trinajstić information content (AvgIpc) is 2.49. The Balaban J connectivity index is 2.17. The summed E-state index contributed by atoms with van der Waals surface area (Å²) in [5.41, 5.74) is 3.50. The number of hydrogen-bond donors (Lipinski definition) is 1. The van der Waals surface area contributed by atoms with Crippen LogP contribution in [-0.2, 0) is 6.54 Å². The second-order valence-corrected chi connectivity index (χ2v) is 5.85. The van der Waals surface area contributed by atoms with Gasteiger partial charge in [-0.2, -0.15) is 0 Å². The molecule has 0 amide bonds. The summed E-state index contributed by atoms with van der Waals surface area (Å²) in [4.78, 5) is 0. The first kappa shape index (κ1) is 16.7. The molecule has 0 bridgehead atoms. The van der Waals surface area contributed by atoms with Crippen LogP contribution in [0.3, 0.4) is 0 Å². The van der Waals surface area contributed by atoms with Crippen molar-refractivity contribution in [1.29, 1.82) is 0 Å². The third-order valence-corrected chi connectivity index (χ3v) is 3.76. The molecule has 0 fully saturated rings. The molecule has 3 nitrogen and oxygen atoms in total. The van der Waals surface area contributed by atoms with Gasteiger partial charge in [0.1, 0.15) is 0 Å². The van der Waals surface area contributed by atoms with Crippen LogP contribution >= 0.6 is 15.9 Å². The molecule has 0 aliphatic heterocycles. The van der Waals surface area contributed by atoms with E-state index in [9.17, 15) is 0 Å². The molecule has 0 unspecified atom stereocenters. The number of rotatable bonds is 7. The quantitative estimate of drug-likeness (QED) is 0.736. The molecule has 1 N–H and O–H groups in total. The lowest BCUT2D eigenvalue weighted by Crippen LogP contribution is -2.03. The van der Waals surface area contributed by atoms with E-state index in [1.54, 1.807) is 0 Å². The number of hydrogen-bond acceptors (Lipinski definition) is 3. The number of anilines is 1. The highest BCUT2D eigenvalue weighted by Gasteiger charge is 2.11. The fourth-order valence-corrected chi connectivity index (χ4v) is 2.83. The van der Waals surface area contributed by atoms with Gasteiger partial charge in [-0.15, -0.1) is 0 Å². The summed E-state index contributed by atoms with van der Waals surface area (Å²) in [5.74, 6) is 1.54. The molecule has 22 heavy (non-hydrogen) atoms. The van der Waals surface area contributed by atoms with Crippen LogP contribution in [0.25, 0.3) is 0 Å². The van der Waals surface area contributed by atoms with Crippen molar-refractivity contribution in [2.24, 2.45) is 0 Å². The van der Waals surface area contributed by atoms with Gasteiger partial charge in [0.05, 0.1) is 17.7 Å². The van der Waals surface area contributed by atoms with Gasteiger partial charge in [0.25, 0.3) is 0 Å². The zero-order valence-corrected chi connectivity index (χ0v) is 14.9. The highest BCUT2D eigenvalue weighted by molar-refractivity contribution is 9.10. The lowest BCUT2D eigenvalue weighted by molar-refractivity contribution is 0.286. The highest BCUT2D eigenvalue weighted by Crippen LogP contribution is 2.37. The molecule has 0 heterocycles. The molecule has 0 aliphatic carbocycles. The van der Waals surface area contributed by atoms with Gasteiger partial charge in [-0.05, 0) is 72.1 Å². The topological polar surface area (TPSA) is 30.5 Å². The van der Waals surface area contributed by atoms with E-state index in [2.05, 4.69) is 58.5 Å². The minimum absolute atomic E-state index is 0.611. The Kier molecular flexibility index (Phi) is 6.13. The summed E-state index contributed by atoms with van der Waals surface area (Å²) < 4.78 is 12.3. The fourth-order valence-electron chi connectivity index (χ4n) is 2.23. The predicted molar refractivity (Wildman–Crippen MR) is 95.0 cm³/mol. The lowest BCUT2D eigenvalue weighted by Gasteiger charge is -2.15. The second kappa shape index (κ2) is 8.08. The first-order valence-corrected chi connectivity index (χ1v) is 8.31. The number of aryl methyl sites for hydroxylation is 1. The first-order chi connectivity index (χ1) is 10.6. The molecule has 2 aromatic rings. The van der Waals surface area contributed by atoms with E-state index < -0.39 is 0 Å². The maximum absolute atomic E-state index is 5.70. The SMILES string of the molecule is CCOc1cc(CNc2cccc(C)c2)cc(Br)c1OCC. The Morgan fingerprint density at radius 3 is 2.50 bits per heavy atom. The molecule has 0 saturated heterocycles. The molecule has 0 aromatic heterocycles. The fraction of sp³-hybridized carbons (Fsp3) is 0.333. The second-order valence-electron chi connectivity index (χ2n) is 4.99. The minimum atomic E-state index is 0.611. The molecular formula is C18H22BrNO2. The van der Waals surface area contributed by atoms with Crippen molar-refractivity contribution in [3.05, 3.63) is 52.0 Å². The van der Waals surface area contributed by atoms with E-state index in [-0.39, 0.29) is 0 Å². The van der Waals surface area contributed by atoms with Crippen molar-refractivity contribution in [2.75, 3.05) is 18.5 Å². The van der Waals surface area contributed by atoms with E-state index in [0.29, 0.717) is 13.2 Å². The minimum Gasteiger partial charge on any atom is -0.490 e. The highest BCUT2D eigenvalue weighted by atomic mass is 79.9. The third kappa shape index (κ3) is 4.41. The summed E-state index contributed by atoms with van der Waals surface area (Å²) in [6.45, 7) is 7.98. The standard InChI is InChI=1S/C18H22BrNO2/c1-4-21-17-11-14(10-16(19)18(17)22-5-2)12-20-15-8-6-7-13(3)9-15/h6-11,20H,4-5,12H2,1-3H3. The molecule has 0 radical (unpaired) electrons. The molecule has 0 aliphatic rings. The van der Waals surface area contributed by atoms with Crippen LogP contribution in [0.4, 0.5) is 5.69 Å². The van der Waals surface area contributed by atoms with Gasteiger partial charge in [0.15, 0.2) is 11.5 Å². The van der Waals surface area contributed by atoms with Crippen LogP contribution in [-0.4, -0.2) is 13.2 Å². The van der Waals surface area contributed by atoms with Gasteiger partial charge in [0, 0.05) is 12.2 Å². The molecule has 0 atom stereocenters. The van der Waals surface area contributed by atoms with Crippen LogP contribution in [0.2, 0.25) is 0 Å². The lowest BCUT2D eigenvalue weighted by atomic mass is 10.1. The molecule has 118 valence electrons. The Morgan fingerprint density at radius 1 is 1.05 bits per heavy atom. The largest absolute Gasteiger partial charge is 0.490 e. The van der Waals surface area contributed by atoms with Gasteiger partial charge in [-0.1, -0.05) is 12.1 Å². The van der Waals surface area contributed by atoms with Crippen molar-refractivity contribution < 1.29 is 9.47 Å². The smallest absolute Gasteiger partial charge is 0.175 e. The maximum Gasteiger partial charge on any atom is 0.175 e. The summed E-state index contributed by atoms with van der Waals surface area (Å²) in [6.07, 6.45) is 0. The summed E-state index contributed by atoms with van der Waals surface area (Å²) in [6, 6.07) is 12.4. The zero-order valence-electron chi connectivity index (χ0n) is 13.3. The van der Waals surface area contributed by atoms with Crippen LogP contribution < -0.4 is 14.8 Å². The first-order valence-electron chi connectivity index (χ1n) is 7.52. The van der Waals surface area contributed by atoms with Crippen LogP contribution in [0, 0.1) is 6.92 Å². The normalized spacial score (nSPS) is 10.4. The summed E-state index contributed by atoms with van der Waals surface area (Å²) >= 11 is 3.57. The van der Waals surface area contributed by atoms with E-state index >= 15 is 0 Å². The Hall–Kier alpha value is -1.68. The number of halogens is 1. The van der Waals surface area contributed by atoms with E-state index in [1.807, 2.05) is 19.9 Å². The zero-order chi connectivity index (χ0) is 15.9. The van der Waals surface area contributed by atoms with Crippen molar-refractivity contribution in [2.45, 2.75) is 27.3 Å².